The van der Waals surface area contributed by atoms with Crippen molar-refractivity contribution in [2.24, 2.45) is 0 Å². The number of carbonyl (C=O) groups excluding carboxylic acids is 1. The highest BCUT2D eigenvalue weighted by Crippen LogP contribution is 2.26. The van der Waals surface area contributed by atoms with E-state index in [0.29, 0.717) is 11.6 Å². The van der Waals surface area contributed by atoms with Crippen molar-refractivity contribution in [3.05, 3.63) is 90.2 Å². The summed E-state index contributed by atoms with van der Waals surface area (Å²) in [5, 5.41) is 5.76. The molecule has 0 saturated carbocycles. The van der Waals surface area contributed by atoms with Crippen molar-refractivity contribution in [3.8, 4) is 22.7 Å². The molecule has 150 valence electrons. The van der Waals surface area contributed by atoms with Crippen molar-refractivity contribution in [2.75, 3.05) is 10.6 Å². The first kappa shape index (κ1) is 19.5. The van der Waals surface area contributed by atoms with Crippen LogP contribution in [-0.2, 0) is 6.42 Å². The van der Waals surface area contributed by atoms with Crippen LogP contribution in [0.5, 0.6) is 0 Å². The summed E-state index contributed by atoms with van der Waals surface area (Å²) in [6.07, 6.45) is 2.51. The van der Waals surface area contributed by atoms with Gasteiger partial charge >= 0.3 is 6.03 Å². The van der Waals surface area contributed by atoms with Gasteiger partial charge in [0.25, 0.3) is 0 Å². The lowest BCUT2D eigenvalue weighted by atomic mass is 10.1. The molecule has 5 heteroatoms. The SMILES string of the molecule is CCc1ccccc1NC(=O)Nc1ccc(-c2nc(-c3ccc(C)cc3)co2)cc1. The molecule has 0 bridgehead atoms. The van der Waals surface area contributed by atoms with Gasteiger partial charge in [0, 0.05) is 22.5 Å². The molecule has 4 rings (SSSR count). The molecule has 3 aromatic carbocycles. The second-order valence-corrected chi connectivity index (χ2v) is 7.07. The van der Waals surface area contributed by atoms with Crippen molar-refractivity contribution >= 4 is 17.4 Å². The molecule has 0 unspecified atom stereocenters. The lowest BCUT2D eigenvalue weighted by Crippen LogP contribution is -2.20. The van der Waals surface area contributed by atoms with Crippen molar-refractivity contribution in [3.63, 3.8) is 0 Å². The van der Waals surface area contributed by atoms with E-state index in [-0.39, 0.29) is 6.03 Å². The molecule has 5 nitrogen and oxygen atoms in total. The van der Waals surface area contributed by atoms with Crippen molar-refractivity contribution in [2.45, 2.75) is 20.3 Å². The highest BCUT2D eigenvalue weighted by atomic mass is 16.3. The molecular weight excluding hydrogens is 374 g/mol. The van der Waals surface area contributed by atoms with E-state index < -0.39 is 0 Å². The summed E-state index contributed by atoms with van der Waals surface area (Å²) in [5.41, 5.74) is 6.45. The summed E-state index contributed by atoms with van der Waals surface area (Å²) < 4.78 is 5.65. The molecule has 0 aliphatic heterocycles. The van der Waals surface area contributed by atoms with Gasteiger partial charge in [-0.2, -0.15) is 0 Å². The number of para-hydroxylation sites is 1. The molecule has 0 spiro atoms. The number of aryl methyl sites for hydroxylation is 2. The van der Waals surface area contributed by atoms with Crippen LogP contribution in [0.2, 0.25) is 0 Å². The van der Waals surface area contributed by atoms with E-state index >= 15 is 0 Å². The van der Waals surface area contributed by atoms with Crippen LogP contribution in [-0.4, -0.2) is 11.0 Å². The third-order valence-electron chi connectivity index (χ3n) is 4.89. The number of aromatic nitrogens is 1. The van der Waals surface area contributed by atoms with E-state index in [1.165, 1.54) is 5.56 Å². The average molecular weight is 397 g/mol. The number of urea groups is 1. The molecule has 2 amide bonds. The summed E-state index contributed by atoms with van der Waals surface area (Å²) in [6.45, 7) is 4.11. The fourth-order valence-electron chi connectivity index (χ4n) is 3.19. The van der Waals surface area contributed by atoms with Crippen molar-refractivity contribution in [1.29, 1.82) is 0 Å². The Morgan fingerprint density at radius 2 is 1.60 bits per heavy atom. The number of rotatable bonds is 5. The Bertz CT molecular complexity index is 1150. The predicted octanol–water partition coefficient (Wildman–Crippen LogP) is 6.52. The van der Waals surface area contributed by atoms with E-state index in [1.807, 2.05) is 72.8 Å². The predicted molar refractivity (Wildman–Crippen MR) is 121 cm³/mol. The Kier molecular flexibility index (Phi) is 5.61. The number of anilines is 2. The maximum atomic E-state index is 12.3. The summed E-state index contributed by atoms with van der Waals surface area (Å²) >= 11 is 0. The van der Waals surface area contributed by atoms with Gasteiger partial charge in [0.15, 0.2) is 0 Å². The Morgan fingerprint density at radius 3 is 2.33 bits per heavy atom. The van der Waals surface area contributed by atoms with E-state index in [4.69, 9.17) is 4.42 Å². The number of hydrogen-bond donors (Lipinski definition) is 2. The van der Waals surface area contributed by atoms with Crippen molar-refractivity contribution in [1.82, 2.24) is 4.98 Å². The van der Waals surface area contributed by atoms with Crippen LogP contribution in [0, 0.1) is 6.92 Å². The van der Waals surface area contributed by atoms with Gasteiger partial charge in [0.1, 0.15) is 12.0 Å². The minimum Gasteiger partial charge on any atom is -0.444 e. The van der Waals surface area contributed by atoms with Crippen LogP contribution in [0.3, 0.4) is 0 Å². The summed E-state index contributed by atoms with van der Waals surface area (Å²) in [5.74, 6) is 0.540. The Labute approximate surface area is 175 Å². The zero-order valence-electron chi connectivity index (χ0n) is 17.0. The smallest absolute Gasteiger partial charge is 0.323 e. The first-order valence-corrected chi connectivity index (χ1v) is 9.91. The van der Waals surface area contributed by atoms with Gasteiger partial charge in [0.2, 0.25) is 5.89 Å². The first-order chi connectivity index (χ1) is 14.6. The molecule has 30 heavy (non-hydrogen) atoms. The summed E-state index contributed by atoms with van der Waals surface area (Å²) in [7, 11) is 0. The number of oxazole rings is 1. The third kappa shape index (κ3) is 4.41. The number of benzene rings is 3. The van der Waals surface area contributed by atoms with Gasteiger partial charge in [-0.1, -0.05) is 55.0 Å². The minimum atomic E-state index is -0.276. The highest BCUT2D eigenvalue weighted by molar-refractivity contribution is 6.00. The monoisotopic (exact) mass is 397 g/mol. The number of hydrogen-bond acceptors (Lipinski definition) is 3. The molecular formula is C25H23N3O2. The molecule has 0 saturated heterocycles. The first-order valence-electron chi connectivity index (χ1n) is 9.91. The molecule has 0 fully saturated rings. The van der Waals surface area contributed by atoms with Gasteiger partial charge in [0.05, 0.1) is 0 Å². The Balaban J connectivity index is 1.43. The lowest BCUT2D eigenvalue weighted by molar-refractivity contribution is 0.262. The van der Waals surface area contributed by atoms with Crippen LogP contribution < -0.4 is 10.6 Å². The number of nitrogens with zero attached hydrogens (tertiary/aromatic N) is 1. The topological polar surface area (TPSA) is 67.2 Å². The van der Waals surface area contributed by atoms with Crippen molar-refractivity contribution < 1.29 is 9.21 Å². The summed E-state index contributed by atoms with van der Waals surface area (Å²) in [6, 6.07) is 23.1. The third-order valence-corrected chi connectivity index (χ3v) is 4.89. The zero-order valence-corrected chi connectivity index (χ0v) is 17.0. The van der Waals surface area contributed by atoms with Crippen LogP contribution >= 0.6 is 0 Å². The van der Waals surface area contributed by atoms with Gasteiger partial charge < -0.3 is 15.1 Å². The van der Waals surface area contributed by atoms with E-state index in [2.05, 4.69) is 29.5 Å². The van der Waals surface area contributed by atoms with Gasteiger partial charge in [-0.15, -0.1) is 0 Å². The van der Waals surface area contributed by atoms with Crippen LogP contribution in [0.15, 0.2) is 83.5 Å². The highest BCUT2D eigenvalue weighted by Gasteiger charge is 2.10. The molecule has 0 aliphatic rings. The molecule has 0 aliphatic carbocycles. The molecule has 0 atom stereocenters. The van der Waals surface area contributed by atoms with Crippen LogP contribution in [0.25, 0.3) is 22.7 Å². The number of carbonyl (C=O) groups is 1. The van der Waals surface area contributed by atoms with Crippen LogP contribution in [0.4, 0.5) is 16.2 Å². The molecule has 2 N–H and O–H groups in total. The fraction of sp³-hybridized carbons (Fsp3) is 0.120. The maximum Gasteiger partial charge on any atom is 0.323 e. The Morgan fingerprint density at radius 1 is 0.900 bits per heavy atom. The molecule has 1 aromatic heterocycles. The average Bonchev–Trinajstić information content (AvgIpc) is 3.25. The molecule has 4 aromatic rings. The minimum absolute atomic E-state index is 0.276. The normalized spacial score (nSPS) is 10.6. The van der Waals surface area contributed by atoms with Crippen LogP contribution in [0.1, 0.15) is 18.1 Å². The van der Waals surface area contributed by atoms with E-state index in [1.54, 1.807) is 6.26 Å². The lowest BCUT2D eigenvalue weighted by Gasteiger charge is -2.11. The second kappa shape index (κ2) is 8.66. The Hall–Kier alpha value is -3.86. The van der Waals surface area contributed by atoms with E-state index in [9.17, 15) is 4.79 Å². The number of nitrogens with one attached hydrogen (secondary N) is 2. The summed E-state index contributed by atoms with van der Waals surface area (Å²) in [4.78, 5) is 16.9. The molecule has 0 radical (unpaired) electrons. The van der Waals surface area contributed by atoms with Gasteiger partial charge in [-0.3, -0.25) is 0 Å². The van der Waals surface area contributed by atoms with Gasteiger partial charge in [-0.25, -0.2) is 9.78 Å². The standard InChI is InChI=1S/C25H23N3O2/c1-3-18-6-4-5-7-22(18)28-25(29)26-21-14-12-20(13-15-21)24-27-23(16-30-24)19-10-8-17(2)9-11-19/h4-16H,3H2,1-2H3,(H2,26,28,29). The fourth-order valence-corrected chi connectivity index (χ4v) is 3.19. The molecule has 1 heterocycles. The number of amides is 2. The van der Waals surface area contributed by atoms with E-state index in [0.717, 1.165) is 34.5 Å². The second-order valence-electron chi connectivity index (χ2n) is 7.07. The zero-order chi connectivity index (χ0) is 20.9. The quantitative estimate of drug-likeness (QED) is 0.403. The largest absolute Gasteiger partial charge is 0.444 e. The maximum absolute atomic E-state index is 12.3. The van der Waals surface area contributed by atoms with Gasteiger partial charge in [-0.05, 0) is 49.2 Å².